The number of hydrogen-bond acceptors (Lipinski definition) is 3. The SMILES string of the molecule is CCc1ccc(C(CNC(=O)N2CCC(C(=O)Nc3ccccc3)CC2)N(C)C)cc1. The minimum Gasteiger partial charge on any atom is -0.336 e. The molecule has 1 aliphatic rings. The first-order chi connectivity index (χ1) is 15.0. The number of anilines is 1. The monoisotopic (exact) mass is 422 g/mol. The second kappa shape index (κ2) is 11.0. The number of rotatable bonds is 7. The number of benzene rings is 2. The molecule has 1 aliphatic heterocycles. The molecule has 1 saturated heterocycles. The van der Waals surface area contributed by atoms with Crippen molar-refractivity contribution in [3.63, 3.8) is 0 Å². The standard InChI is InChI=1S/C25H34N4O2/c1-4-19-10-12-20(13-11-19)23(28(2)3)18-26-25(31)29-16-14-21(15-17-29)24(30)27-22-8-6-5-7-9-22/h5-13,21,23H,4,14-18H2,1-3H3,(H,26,31)(H,27,30). The number of aryl methyl sites for hydroxylation is 1. The number of carbonyl (C=O) groups is 2. The molecule has 6 heteroatoms. The Kier molecular flexibility index (Phi) is 8.06. The molecule has 0 aromatic heterocycles. The van der Waals surface area contributed by atoms with E-state index >= 15 is 0 Å². The van der Waals surface area contributed by atoms with Crippen LogP contribution in [0.2, 0.25) is 0 Å². The Morgan fingerprint density at radius 2 is 1.68 bits per heavy atom. The fourth-order valence-electron chi connectivity index (χ4n) is 3.98. The van der Waals surface area contributed by atoms with Crippen LogP contribution in [0.1, 0.15) is 36.9 Å². The summed E-state index contributed by atoms with van der Waals surface area (Å²) in [6, 6.07) is 18.2. The molecule has 0 spiro atoms. The van der Waals surface area contributed by atoms with Gasteiger partial charge in [-0.3, -0.25) is 4.79 Å². The molecule has 1 unspecified atom stereocenters. The lowest BCUT2D eigenvalue weighted by atomic mass is 9.96. The number of para-hydroxylation sites is 1. The molecule has 1 atom stereocenters. The fraction of sp³-hybridized carbons (Fsp3) is 0.440. The van der Waals surface area contributed by atoms with E-state index in [1.807, 2.05) is 49.3 Å². The Labute approximate surface area is 185 Å². The first-order valence-corrected chi connectivity index (χ1v) is 11.1. The number of hydrogen-bond donors (Lipinski definition) is 2. The van der Waals surface area contributed by atoms with E-state index in [9.17, 15) is 9.59 Å². The van der Waals surface area contributed by atoms with Crippen LogP contribution >= 0.6 is 0 Å². The maximum Gasteiger partial charge on any atom is 0.317 e. The first kappa shape index (κ1) is 22.8. The zero-order valence-electron chi connectivity index (χ0n) is 18.8. The quantitative estimate of drug-likeness (QED) is 0.711. The summed E-state index contributed by atoms with van der Waals surface area (Å²) in [6.45, 7) is 3.88. The van der Waals surface area contributed by atoms with Gasteiger partial charge in [-0.25, -0.2) is 4.79 Å². The van der Waals surface area contributed by atoms with Crippen LogP contribution < -0.4 is 10.6 Å². The molecule has 0 radical (unpaired) electrons. The summed E-state index contributed by atoms with van der Waals surface area (Å²) in [7, 11) is 4.06. The van der Waals surface area contributed by atoms with Gasteiger partial charge in [0.2, 0.25) is 5.91 Å². The summed E-state index contributed by atoms with van der Waals surface area (Å²) < 4.78 is 0. The molecule has 2 aromatic carbocycles. The van der Waals surface area contributed by atoms with Gasteiger partial charge in [-0.15, -0.1) is 0 Å². The normalized spacial score (nSPS) is 15.5. The number of carbonyl (C=O) groups excluding carboxylic acids is 2. The third kappa shape index (κ3) is 6.31. The van der Waals surface area contributed by atoms with Gasteiger partial charge in [-0.1, -0.05) is 49.4 Å². The van der Waals surface area contributed by atoms with Crippen LogP contribution in [0.4, 0.5) is 10.5 Å². The number of urea groups is 1. The zero-order valence-corrected chi connectivity index (χ0v) is 18.8. The summed E-state index contributed by atoms with van der Waals surface area (Å²) in [5.41, 5.74) is 3.32. The molecule has 31 heavy (non-hydrogen) atoms. The van der Waals surface area contributed by atoms with Crippen LogP contribution in [0.5, 0.6) is 0 Å². The number of nitrogens with one attached hydrogen (secondary N) is 2. The molecule has 0 aliphatic carbocycles. The maximum absolute atomic E-state index is 12.7. The molecule has 166 valence electrons. The van der Waals surface area contributed by atoms with Crippen LogP contribution in [0, 0.1) is 5.92 Å². The summed E-state index contributed by atoms with van der Waals surface area (Å²) >= 11 is 0. The number of likely N-dealkylation sites (tertiary alicyclic amines) is 1. The van der Waals surface area contributed by atoms with E-state index in [2.05, 4.69) is 46.7 Å². The van der Waals surface area contributed by atoms with Crippen molar-refractivity contribution in [1.82, 2.24) is 15.1 Å². The van der Waals surface area contributed by atoms with Crippen molar-refractivity contribution in [2.24, 2.45) is 5.92 Å². The van der Waals surface area contributed by atoms with Gasteiger partial charge in [0.1, 0.15) is 0 Å². The lowest BCUT2D eigenvalue weighted by molar-refractivity contribution is -0.121. The predicted octanol–water partition coefficient (Wildman–Crippen LogP) is 3.91. The molecule has 1 fully saturated rings. The second-order valence-electron chi connectivity index (χ2n) is 8.38. The zero-order chi connectivity index (χ0) is 22.2. The van der Waals surface area contributed by atoms with E-state index in [4.69, 9.17) is 0 Å². The third-order valence-corrected chi connectivity index (χ3v) is 6.04. The number of piperidine rings is 1. The fourth-order valence-corrected chi connectivity index (χ4v) is 3.98. The Balaban J connectivity index is 1.47. The highest BCUT2D eigenvalue weighted by Gasteiger charge is 2.28. The third-order valence-electron chi connectivity index (χ3n) is 6.04. The largest absolute Gasteiger partial charge is 0.336 e. The average molecular weight is 423 g/mol. The summed E-state index contributed by atoms with van der Waals surface area (Å²) in [5.74, 6) is -0.0229. The summed E-state index contributed by atoms with van der Waals surface area (Å²) in [5, 5.41) is 6.06. The van der Waals surface area contributed by atoms with E-state index in [1.165, 1.54) is 11.1 Å². The van der Waals surface area contributed by atoms with Crippen molar-refractivity contribution in [3.8, 4) is 0 Å². The van der Waals surface area contributed by atoms with Gasteiger partial charge in [0.25, 0.3) is 0 Å². The van der Waals surface area contributed by atoms with Crippen molar-refractivity contribution >= 4 is 17.6 Å². The highest BCUT2D eigenvalue weighted by Crippen LogP contribution is 2.21. The highest BCUT2D eigenvalue weighted by atomic mass is 16.2. The number of amides is 3. The van der Waals surface area contributed by atoms with Crippen molar-refractivity contribution in [2.45, 2.75) is 32.2 Å². The van der Waals surface area contributed by atoms with Crippen LogP contribution in [0.25, 0.3) is 0 Å². The summed E-state index contributed by atoms with van der Waals surface area (Å²) in [4.78, 5) is 29.2. The summed E-state index contributed by atoms with van der Waals surface area (Å²) in [6.07, 6.45) is 2.38. The Morgan fingerprint density at radius 3 is 2.26 bits per heavy atom. The average Bonchev–Trinajstić information content (AvgIpc) is 2.80. The topological polar surface area (TPSA) is 64.7 Å². The minimum absolute atomic E-state index is 0.0365. The van der Waals surface area contributed by atoms with E-state index in [1.54, 1.807) is 0 Å². The van der Waals surface area contributed by atoms with Gasteiger partial charge in [-0.2, -0.15) is 0 Å². The lowest BCUT2D eigenvalue weighted by Gasteiger charge is -2.32. The Bertz CT molecular complexity index is 844. The van der Waals surface area contributed by atoms with Crippen molar-refractivity contribution in [3.05, 3.63) is 65.7 Å². The van der Waals surface area contributed by atoms with Gasteiger partial charge >= 0.3 is 6.03 Å². The smallest absolute Gasteiger partial charge is 0.317 e. The van der Waals surface area contributed by atoms with Crippen molar-refractivity contribution < 1.29 is 9.59 Å². The molecule has 2 N–H and O–H groups in total. The Morgan fingerprint density at radius 1 is 1.03 bits per heavy atom. The Hall–Kier alpha value is -2.86. The molecule has 3 rings (SSSR count). The van der Waals surface area contributed by atoms with Gasteiger partial charge in [0, 0.05) is 31.2 Å². The van der Waals surface area contributed by atoms with Crippen LogP contribution in [-0.2, 0) is 11.2 Å². The second-order valence-corrected chi connectivity index (χ2v) is 8.38. The van der Waals surface area contributed by atoms with Gasteiger partial charge in [0.05, 0.1) is 6.04 Å². The molecule has 2 aromatic rings. The van der Waals surface area contributed by atoms with Crippen molar-refractivity contribution in [2.75, 3.05) is 39.0 Å². The van der Waals surface area contributed by atoms with Gasteiger partial charge in [0.15, 0.2) is 0 Å². The molecule has 0 bridgehead atoms. The number of nitrogens with zero attached hydrogens (tertiary/aromatic N) is 2. The lowest BCUT2D eigenvalue weighted by Crippen LogP contribution is -2.47. The molecule has 3 amide bonds. The molecular weight excluding hydrogens is 388 g/mol. The van der Waals surface area contributed by atoms with E-state index in [-0.39, 0.29) is 23.9 Å². The molecule has 0 saturated carbocycles. The van der Waals surface area contributed by atoms with E-state index in [0.29, 0.717) is 32.5 Å². The van der Waals surface area contributed by atoms with Gasteiger partial charge < -0.3 is 20.4 Å². The molecular formula is C25H34N4O2. The van der Waals surface area contributed by atoms with Gasteiger partial charge in [-0.05, 0) is 56.6 Å². The highest BCUT2D eigenvalue weighted by molar-refractivity contribution is 5.92. The predicted molar refractivity (Wildman–Crippen MR) is 125 cm³/mol. The maximum atomic E-state index is 12.7. The van der Waals surface area contributed by atoms with Crippen LogP contribution in [0.3, 0.4) is 0 Å². The van der Waals surface area contributed by atoms with E-state index in [0.717, 1.165) is 12.1 Å². The first-order valence-electron chi connectivity index (χ1n) is 11.1. The number of likely N-dealkylation sites (N-methyl/N-ethyl adjacent to an activating group) is 1. The van der Waals surface area contributed by atoms with Crippen molar-refractivity contribution in [1.29, 1.82) is 0 Å². The van der Waals surface area contributed by atoms with Crippen LogP contribution in [-0.4, -0.2) is 55.5 Å². The molecule has 1 heterocycles. The minimum atomic E-state index is -0.0594. The van der Waals surface area contributed by atoms with Crippen LogP contribution in [0.15, 0.2) is 54.6 Å². The van der Waals surface area contributed by atoms with E-state index < -0.39 is 0 Å². The molecule has 6 nitrogen and oxygen atoms in total.